The number of alkyl halides is 2. The molecule has 0 aromatic heterocycles. The summed E-state index contributed by atoms with van der Waals surface area (Å²) in [6.07, 6.45) is 9.91. The van der Waals surface area contributed by atoms with Crippen LogP contribution >= 0.6 is 31.9 Å². The zero-order valence-electron chi connectivity index (χ0n) is 10.8. The van der Waals surface area contributed by atoms with Crippen molar-refractivity contribution in [2.24, 2.45) is 17.3 Å². The van der Waals surface area contributed by atoms with Crippen LogP contribution in [-0.2, 0) is 0 Å². The molecule has 1 fully saturated rings. The molecule has 0 nitrogen and oxygen atoms in total. The molecular weight excluding hydrogens is 328 g/mol. The summed E-state index contributed by atoms with van der Waals surface area (Å²) in [4.78, 5) is 0. The van der Waals surface area contributed by atoms with E-state index in [1.54, 1.807) is 0 Å². The molecule has 1 aliphatic carbocycles. The van der Waals surface area contributed by atoms with Crippen molar-refractivity contribution in [3.05, 3.63) is 0 Å². The van der Waals surface area contributed by atoms with E-state index >= 15 is 0 Å². The topological polar surface area (TPSA) is 0 Å². The fourth-order valence-electron chi connectivity index (χ4n) is 3.36. The van der Waals surface area contributed by atoms with Crippen molar-refractivity contribution >= 4 is 31.9 Å². The smallest absolute Gasteiger partial charge is 0.00987 e. The summed E-state index contributed by atoms with van der Waals surface area (Å²) in [5.74, 6) is 1.83. The molecule has 16 heavy (non-hydrogen) atoms. The van der Waals surface area contributed by atoms with E-state index in [0.29, 0.717) is 5.41 Å². The minimum atomic E-state index is 0.519. The Morgan fingerprint density at radius 1 is 1.19 bits per heavy atom. The van der Waals surface area contributed by atoms with E-state index in [1.165, 1.54) is 55.6 Å². The van der Waals surface area contributed by atoms with Crippen LogP contribution in [-0.4, -0.2) is 10.7 Å². The first-order valence-corrected chi connectivity index (χ1v) is 9.04. The van der Waals surface area contributed by atoms with Gasteiger partial charge >= 0.3 is 0 Å². The lowest BCUT2D eigenvalue weighted by molar-refractivity contribution is 0.180. The maximum absolute atomic E-state index is 3.79. The molecule has 0 aromatic rings. The Balaban J connectivity index is 2.62. The maximum Gasteiger partial charge on any atom is 0.00987 e. The first-order chi connectivity index (χ1) is 7.68. The van der Waals surface area contributed by atoms with E-state index in [1.807, 2.05) is 0 Å². The Kier molecular flexibility index (Phi) is 6.95. The third-order valence-electron chi connectivity index (χ3n) is 4.29. The SMILES string of the molecule is CCCC(C)CC(CBr)(CBr)C1CCCC1. The molecule has 1 aliphatic rings. The molecule has 1 saturated carbocycles. The highest BCUT2D eigenvalue weighted by Crippen LogP contribution is 2.46. The zero-order chi connectivity index (χ0) is 12.0. The van der Waals surface area contributed by atoms with Crippen LogP contribution in [0, 0.1) is 17.3 Å². The van der Waals surface area contributed by atoms with Gasteiger partial charge in [0.25, 0.3) is 0 Å². The summed E-state index contributed by atoms with van der Waals surface area (Å²) in [6, 6.07) is 0. The monoisotopic (exact) mass is 352 g/mol. The van der Waals surface area contributed by atoms with Crippen LogP contribution in [0.25, 0.3) is 0 Å². The van der Waals surface area contributed by atoms with Crippen molar-refractivity contribution in [2.75, 3.05) is 10.7 Å². The summed E-state index contributed by atoms with van der Waals surface area (Å²) < 4.78 is 0. The molecular formula is C14H26Br2. The third-order valence-corrected chi connectivity index (χ3v) is 6.52. The molecule has 0 amide bonds. The molecule has 0 saturated heterocycles. The molecule has 1 unspecified atom stereocenters. The van der Waals surface area contributed by atoms with E-state index < -0.39 is 0 Å². The fraction of sp³-hybridized carbons (Fsp3) is 1.00. The Morgan fingerprint density at radius 3 is 2.19 bits per heavy atom. The van der Waals surface area contributed by atoms with Crippen LogP contribution in [0.4, 0.5) is 0 Å². The summed E-state index contributed by atoms with van der Waals surface area (Å²) in [5, 5.41) is 2.34. The molecule has 0 N–H and O–H groups in total. The Bertz CT molecular complexity index is 181. The summed E-state index contributed by atoms with van der Waals surface area (Å²) in [7, 11) is 0. The number of hydrogen-bond acceptors (Lipinski definition) is 0. The van der Waals surface area contributed by atoms with Gasteiger partial charge in [0.2, 0.25) is 0 Å². The van der Waals surface area contributed by atoms with Gasteiger partial charge < -0.3 is 0 Å². The molecule has 96 valence electrons. The van der Waals surface area contributed by atoms with Crippen LogP contribution < -0.4 is 0 Å². The predicted octanol–water partition coefficient (Wildman–Crippen LogP) is 5.78. The van der Waals surface area contributed by atoms with Gasteiger partial charge in [0.1, 0.15) is 0 Å². The van der Waals surface area contributed by atoms with Crippen LogP contribution in [0.3, 0.4) is 0 Å². The summed E-state index contributed by atoms with van der Waals surface area (Å²) in [5.41, 5.74) is 0.519. The van der Waals surface area contributed by atoms with Gasteiger partial charge in [-0.2, -0.15) is 0 Å². The standard InChI is InChI=1S/C14H26Br2/c1-3-6-12(2)9-14(10-15,11-16)13-7-4-5-8-13/h12-13H,3-11H2,1-2H3. The minimum Gasteiger partial charge on any atom is -0.0922 e. The Hall–Kier alpha value is 0.960. The van der Waals surface area contributed by atoms with E-state index in [-0.39, 0.29) is 0 Å². The van der Waals surface area contributed by atoms with Crippen LogP contribution in [0.1, 0.15) is 58.8 Å². The number of rotatable bonds is 7. The van der Waals surface area contributed by atoms with E-state index in [9.17, 15) is 0 Å². The first kappa shape index (κ1) is 15.0. The largest absolute Gasteiger partial charge is 0.0922 e. The van der Waals surface area contributed by atoms with Crippen LogP contribution in [0.15, 0.2) is 0 Å². The normalized spacial score (nSPS) is 20.2. The second-order valence-corrected chi connectivity index (χ2v) is 6.83. The van der Waals surface area contributed by atoms with Crippen molar-refractivity contribution in [3.63, 3.8) is 0 Å². The number of hydrogen-bond donors (Lipinski definition) is 0. The first-order valence-electron chi connectivity index (χ1n) is 6.80. The van der Waals surface area contributed by atoms with E-state index in [0.717, 1.165) is 11.8 Å². The molecule has 0 aliphatic heterocycles. The van der Waals surface area contributed by atoms with Gasteiger partial charge in [-0.25, -0.2) is 0 Å². The van der Waals surface area contributed by atoms with E-state index in [2.05, 4.69) is 45.7 Å². The molecule has 0 aromatic carbocycles. The highest BCUT2D eigenvalue weighted by Gasteiger charge is 2.39. The van der Waals surface area contributed by atoms with Crippen LogP contribution in [0.2, 0.25) is 0 Å². The fourth-order valence-corrected chi connectivity index (χ4v) is 5.66. The predicted molar refractivity (Wildman–Crippen MR) is 80.7 cm³/mol. The summed E-state index contributed by atoms with van der Waals surface area (Å²) in [6.45, 7) is 4.73. The van der Waals surface area contributed by atoms with Gasteiger partial charge in [-0.15, -0.1) is 0 Å². The minimum absolute atomic E-state index is 0.519. The number of halogens is 2. The van der Waals surface area contributed by atoms with Gasteiger partial charge in [0, 0.05) is 10.7 Å². The quantitative estimate of drug-likeness (QED) is 0.509. The van der Waals surface area contributed by atoms with Gasteiger partial charge in [0.15, 0.2) is 0 Å². The molecule has 2 heteroatoms. The van der Waals surface area contributed by atoms with Gasteiger partial charge in [-0.05, 0) is 36.5 Å². The second-order valence-electron chi connectivity index (χ2n) is 5.71. The lowest BCUT2D eigenvalue weighted by Gasteiger charge is -2.38. The van der Waals surface area contributed by atoms with Crippen molar-refractivity contribution in [1.82, 2.24) is 0 Å². The molecule has 1 rings (SSSR count). The molecule has 0 heterocycles. The third kappa shape index (κ3) is 3.73. The van der Waals surface area contributed by atoms with Gasteiger partial charge in [-0.1, -0.05) is 71.4 Å². The lowest BCUT2D eigenvalue weighted by Crippen LogP contribution is -2.34. The summed E-state index contributed by atoms with van der Waals surface area (Å²) >= 11 is 7.59. The van der Waals surface area contributed by atoms with Crippen molar-refractivity contribution in [1.29, 1.82) is 0 Å². The van der Waals surface area contributed by atoms with E-state index in [4.69, 9.17) is 0 Å². The van der Waals surface area contributed by atoms with Gasteiger partial charge in [0.05, 0.1) is 0 Å². The lowest BCUT2D eigenvalue weighted by atomic mass is 9.71. The Morgan fingerprint density at radius 2 is 1.75 bits per heavy atom. The average molecular weight is 354 g/mol. The highest BCUT2D eigenvalue weighted by atomic mass is 79.9. The van der Waals surface area contributed by atoms with Crippen molar-refractivity contribution < 1.29 is 0 Å². The van der Waals surface area contributed by atoms with Crippen molar-refractivity contribution in [2.45, 2.75) is 58.8 Å². The maximum atomic E-state index is 3.79. The molecule has 0 radical (unpaired) electrons. The Labute approximate surface area is 118 Å². The van der Waals surface area contributed by atoms with Crippen LogP contribution in [0.5, 0.6) is 0 Å². The van der Waals surface area contributed by atoms with Gasteiger partial charge in [-0.3, -0.25) is 0 Å². The second kappa shape index (κ2) is 7.41. The molecule has 1 atom stereocenters. The highest BCUT2D eigenvalue weighted by molar-refractivity contribution is 9.09. The average Bonchev–Trinajstić information content (AvgIpc) is 2.80. The molecule has 0 spiro atoms. The molecule has 0 bridgehead atoms. The zero-order valence-corrected chi connectivity index (χ0v) is 13.9. The van der Waals surface area contributed by atoms with Crippen molar-refractivity contribution in [3.8, 4) is 0 Å².